The average molecular weight is 601 g/mol. The first-order valence-electron chi connectivity index (χ1n) is 13.5. The normalized spacial score (nSPS) is 12.0. The highest BCUT2D eigenvalue weighted by molar-refractivity contribution is 7.80. The van der Waals surface area contributed by atoms with Gasteiger partial charge in [-0.25, -0.2) is 4.98 Å². The number of methoxy groups -OCH3 is 1. The van der Waals surface area contributed by atoms with E-state index in [1.807, 2.05) is 16.7 Å². The highest BCUT2D eigenvalue weighted by Gasteiger charge is 2.34. The van der Waals surface area contributed by atoms with Crippen molar-refractivity contribution in [3.8, 4) is 6.07 Å². The fourth-order valence-electron chi connectivity index (χ4n) is 4.55. The highest BCUT2D eigenvalue weighted by Crippen LogP contribution is 2.32. The molecule has 0 fully saturated rings. The fraction of sp³-hybridized carbons (Fsp3) is 0.400. The molecule has 42 heavy (non-hydrogen) atoms. The minimum atomic E-state index is -4.53. The van der Waals surface area contributed by atoms with E-state index in [0.29, 0.717) is 43.8 Å². The van der Waals surface area contributed by atoms with Crippen LogP contribution in [0.25, 0.3) is 0 Å². The van der Waals surface area contributed by atoms with Crippen molar-refractivity contribution in [1.29, 1.82) is 5.26 Å². The zero-order valence-electron chi connectivity index (χ0n) is 23.4. The van der Waals surface area contributed by atoms with Crippen LogP contribution in [0, 0.1) is 17.2 Å². The van der Waals surface area contributed by atoms with Gasteiger partial charge in [0.25, 0.3) is 0 Å². The van der Waals surface area contributed by atoms with Crippen LogP contribution < -0.4 is 11.1 Å². The molecule has 3 aromatic rings. The number of nitrogens with one attached hydrogen (secondary N) is 1. The Labute approximate surface area is 249 Å². The molecule has 0 saturated carbocycles. The lowest BCUT2D eigenvalue weighted by Crippen LogP contribution is -2.44. The van der Waals surface area contributed by atoms with Crippen molar-refractivity contribution >= 4 is 23.1 Å². The van der Waals surface area contributed by atoms with Crippen LogP contribution >= 0.6 is 12.2 Å². The van der Waals surface area contributed by atoms with Crippen molar-refractivity contribution in [2.24, 2.45) is 11.7 Å². The summed E-state index contributed by atoms with van der Waals surface area (Å²) in [6, 6.07) is 14.6. The summed E-state index contributed by atoms with van der Waals surface area (Å²) in [6.45, 7) is 1.62. The van der Waals surface area contributed by atoms with Gasteiger partial charge in [0, 0.05) is 64.1 Å². The lowest BCUT2D eigenvalue weighted by Gasteiger charge is -2.30. The maximum absolute atomic E-state index is 13.8. The summed E-state index contributed by atoms with van der Waals surface area (Å²) in [5.74, 6) is -0.691. The van der Waals surface area contributed by atoms with Crippen molar-refractivity contribution in [3.05, 3.63) is 89.0 Å². The van der Waals surface area contributed by atoms with Crippen molar-refractivity contribution in [2.45, 2.75) is 38.5 Å². The zero-order valence-corrected chi connectivity index (χ0v) is 24.3. The molecule has 2 aromatic carbocycles. The van der Waals surface area contributed by atoms with E-state index in [1.165, 1.54) is 12.1 Å². The Morgan fingerprint density at radius 3 is 2.64 bits per heavy atom. The second kappa shape index (κ2) is 16.0. The van der Waals surface area contributed by atoms with Crippen molar-refractivity contribution in [1.82, 2.24) is 19.8 Å². The van der Waals surface area contributed by atoms with E-state index in [9.17, 15) is 18.0 Å². The summed E-state index contributed by atoms with van der Waals surface area (Å²) in [5.41, 5.74) is 7.38. The number of hydrogen-bond acceptors (Lipinski definition) is 6. The zero-order chi connectivity index (χ0) is 30.5. The summed E-state index contributed by atoms with van der Waals surface area (Å²) >= 11 is 5.59. The summed E-state index contributed by atoms with van der Waals surface area (Å²) in [4.78, 5) is 19.4. The molecule has 1 aromatic heterocycles. The van der Waals surface area contributed by atoms with Crippen LogP contribution in [0.1, 0.15) is 40.8 Å². The number of carbonyl (C=O) groups is 1. The van der Waals surface area contributed by atoms with Gasteiger partial charge in [0.2, 0.25) is 0 Å². The topological polar surface area (TPSA) is 109 Å². The molecular weight excluding hydrogens is 565 g/mol. The molecule has 1 heterocycles. The Hall–Kier alpha value is -3.79. The largest absolute Gasteiger partial charge is 0.416 e. The van der Waals surface area contributed by atoms with E-state index in [-0.39, 0.29) is 42.5 Å². The molecule has 0 unspecified atom stereocenters. The van der Waals surface area contributed by atoms with Gasteiger partial charge in [0.05, 0.1) is 23.5 Å². The predicted molar refractivity (Wildman–Crippen MR) is 157 cm³/mol. The quantitative estimate of drug-likeness (QED) is 0.196. The number of carbonyl (C=O) groups excluding carboxylic acids is 1. The number of aromatic nitrogens is 2. The van der Waals surface area contributed by atoms with E-state index in [0.717, 1.165) is 11.6 Å². The smallest absolute Gasteiger partial charge is 0.385 e. The molecule has 0 radical (unpaired) electrons. The lowest BCUT2D eigenvalue weighted by atomic mass is 9.95. The number of nitrogens with zero attached hydrogens (tertiary/aromatic N) is 4. The Morgan fingerprint density at radius 1 is 1.24 bits per heavy atom. The third kappa shape index (κ3) is 9.65. The van der Waals surface area contributed by atoms with Gasteiger partial charge in [0.1, 0.15) is 5.78 Å². The summed E-state index contributed by atoms with van der Waals surface area (Å²) in [7, 11) is 1.58. The number of benzene rings is 2. The van der Waals surface area contributed by atoms with Gasteiger partial charge in [0.15, 0.2) is 5.11 Å². The van der Waals surface area contributed by atoms with Gasteiger partial charge < -0.3 is 25.3 Å². The molecule has 12 heteroatoms. The van der Waals surface area contributed by atoms with Gasteiger partial charge in [-0.15, -0.1) is 0 Å². The van der Waals surface area contributed by atoms with Crippen molar-refractivity contribution in [2.75, 3.05) is 33.4 Å². The van der Waals surface area contributed by atoms with E-state index in [2.05, 4.69) is 16.4 Å². The second-order valence-electron chi connectivity index (χ2n) is 9.85. The van der Waals surface area contributed by atoms with E-state index in [1.54, 1.807) is 42.7 Å². The number of nitriles is 1. The Balaban J connectivity index is 1.79. The maximum Gasteiger partial charge on any atom is 0.416 e. The lowest BCUT2D eigenvalue weighted by molar-refractivity contribution is -0.138. The first kappa shape index (κ1) is 32.7. The number of ketones is 1. The number of hydrogen-bond donors (Lipinski definition) is 2. The van der Waals surface area contributed by atoms with Crippen LogP contribution in [0.4, 0.5) is 13.2 Å². The minimum absolute atomic E-state index is 0.0606. The molecule has 3 N–H and O–H groups in total. The van der Waals surface area contributed by atoms with Crippen LogP contribution in [0.3, 0.4) is 0 Å². The number of rotatable bonds is 15. The van der Waals surface area contributed by atoms with Crippen LogP contribution in [0.5, 0.6) is 0 Å². The van der Waals surface area contributed by atoms with E-state index < -0.39 is 17.7 Å². The Kier molecular flexibility index (Phi) is 12.5. The van der Waals surface area contributed by atoms with Crippen LogP contribution in [0.15, 0.2) is 61.1 Å². The van der Waals surface area contributed by atoms with Crippen LogP contribution in [-0.2, 0) is 35.2 Å². The predicted octanol–water partition coefficient (Wildman–Crippen LogP) is 4.31. The standard InChI is InChI=1S/C30H35F3N6O2S/c1-41-14-4-13-37-29(42)38(19-24-5-2-3-6-27(24)30(31,32)33)20-25(11-12-34)28(40)15-26-17-36-21-39(26)18-23-9-7-22(16-35)8-10-23/h2-3,5-10,17,21,25H,4,11-15,18-20,34H2,1H3,(H,37,42)/t25-/m0/s1. The highest BCUT2D eigenvalue weighted by atomic mass is 32.1. The molecule has 0 bridgehead atoms. The third-order valence-corrected chi connectivity index (χ3v) is 7.18. The molecule has 224 valence electrons. The number of thiocarbonyl (C=S) groups is 1. The summed E-state index contributed by atoms with van der Waals surface area (Å²) < 4.78 is 48.2. The van der Waals surface area contributed by atoms with Gasteiger partial charge in [-0.05, 0) is 60.9 Å². The molecule has 1 atom stereocenters. The summed E-state index contributed by atoms with van der Waals surface area (Å²) in [6.07, 6.45) is -0.208. The number of imidazole rings is 1. The van der Waals surface area contributed by atoms with Gasteiger partial charge in [-0.3, -0.25) is 4.79 Å². The Morgan fingerprint density at radius 2 is 1.98 bits per heavy atom. The SMILES string of the molecule is COCCCNC(=S)N(Cc1ccccc1C(F)(F)F)C[C@H](CCN)C(=O)Cc1cncn1Cc1ccc(C#N)cc1. The molecule has 0 aliphatic heterocycles. The molecular formula is C30H35F3N6O2S. The number of alkyl halides is 3. The van der Waals surface area contributed by atoms with Crippen LogP contribution in [-0.4, -0.2) is 58.7 Å². The number of halogens is 3. The number of nitrogens with two attached hydrogens (primary N) is 1. The fourth-order valence-corrected chi connectivity index (χ4v) is 4.79. The third-order valence-electron chi connectivity index (χ3n) is 6.77. The molecule has 0 saturated heterocycles. The van der Waals surface area contributed by atoms with Crippen LogP contribution in [0.2, 0.25) is 0 Å². The van der Waals surface area contributed by atoms with Gasteiger partial charge >= 0.3 is 6.18 Å². The van der Waals surface area contributed by atoms with E-state index in [4.69, 9.17) is 28.0 Å². The first-order chi connectivity index (χ1) is 20.2. The second-order valence-corrected chi connectivity index (χ2v) is 10.2. The van der Waals surface area contributed by atoms with Gasteiger partial charge in [-0.1, -0.05) is 30.3 Å². The van der Waals surface area contributed by atoms with Crippen molar-refractivity contribution < 1.29 is 22.7 Å². The average Bonchev–Trinajstić information content (AvgIpc) is 3.40. The molecule has 3 rings (SSSR count). The number of ether oxygens (including phenoxy) is 1. The maximum atomic E-state index is 13.8. The van der Waals surface area contributed by atoms with E-state index >= 15 is 0 Å². The first-order valence-corrected chi connectivity index (χ1v) is 13.9. The molecule has 0 aliphatic rings. The van der Waals surface area contributed by atoms with Crippen molar-refractivity contribution in [3.63, 3.8) is 0 Å². The monoisotopic (exact) mass is 600 g/mol. The molecule has 0 aliphatic carbocycles. The molecule has 8 nitrogen and oxygen atoms in total. The Bertz CT molecular complexity index is 1350. The number of Topliss-reactive ketones (excluding diaryl/α,β-unsaturated/α-hetero) is 1. The van der Waals surface area contributed by atoms with Gasteiger partial charge in [-0.2, -0.15) is 18.4 Å². The molecule has 0 spiro atoms. The minimum Gasteiger partial charge on any atom is -0.385 e. The molecule has 0 amide bonds. The summed E-state index contributed by atoms with van der Waals surface area (Å²) in [5, 5.41) is 12.4.